The molecule has 0 spiro atoms. The molecule has 0 saturated heterocycles. The van der Waals surface area contributed by atoms with Gasteiger partial charge in [0.1, 0.15) is 0 Å². The van der Waals surface area contributed by atoms with Crippen LogP contribution in [0.2, 0.25) is 0 Å². The molecule has 0 heterocycles. The van der Waals surface area contributed by atoms with Crippen molar-refractivity contribution in [3.05, 3.63) is 109 Å². The van der Waals surface area contributed by atoms with Crippen molar-refractivity contribution in [1.29, 1.82) is 0 Å². The molecule has 0 aromatic heterocycles. The lowest BCUT2D eigenvalue weighted by molar-refractivity contribution is 1.58. The second-order valence-electron chi connectivity index (χ2n) is 8.53. The number of aryl methyl sites for hydroxylation is 1. The molecular formula is C31H20. The maximum atomic E-state index is 2.34. The van der Waals surface area contributed by atoms with E-state index >= 15 is 0 Å². The number of rotatable bonds is 1. The zero-order chi connectivity index (χ0) is 20.5. The lowest BCUT2D eigenvalue weighted by Gasteiger charge is -2.17. The van der Waals surface area contributed by atoms with Crippen molar-refractivity contribution in [2.24, 2.45) is 0 Å². The Morgan fingerprint density at radius 2 is 0.806 bits per heavy atom. The summed E-state index contributed by atoms with van der Waals surface area (Å²) in [4.78, 5) is 0. The predicted molar refractivity (Wildman–Crippen MR) is 134 cm³/mol. The lowest BCUT2D eigenvalue weighted by Crippen LogP contribution is -1.91. The Balaban J connectivity index is 1.69. The molecule has 0 heteroatoms. The molecule has 6 aromatic rings. The van der Waals surface area contributed by atoms with Gasteiger partial charge in [-0.2, -0.15) is 0 Å². The summed E-state index contributed by atoms with van der Waals surface area (Å²) < 4.78 is 0. The van der Waals surface area contributed by atoms with Crippen LogP contribution in [0.1, 0.15) is 5.56 Å². The van der Waals surface area contributed by atoms with Gasteiger partial charge in [0.25, 0.3) is 0 Å². The molecule has 0 bridgehead atoms. The molecule has 0 N–H and O–H groups in total. The van der Waals surface area contributed by atoms with E-state index in [4.69, 9.17) is 0 Å². The Labute approximate surface area is 181 Å². The molecule has 0 atom stereocenters. The Morgan fingerprint density at radius 3 is 1.45 bits per heavy atom. The molecule has 0 aliphatic heterocycles. The van der Waals surface area contributed by atoms with Gasteiger partial charge >= 0.3 is 0 Å². The van der Waals surface area contributed by atoms with E-state index in [2.05, 4.69) is 110 Å². The highest BCUT2D eigenvalue weighted by atomic mass is 14.3. The van der Waals surface area contributed by atoms with Gasteiger partial charge in [-0.1, -0.05) is 103 Å². The molecule has 1 aliphatic carbocycles. The van der Waals surface area contributed by atoms with Crippen LogP contribution in [0.15, 0.2) is 103 Å². The summed E-state index contributed by atoms with van der Waals surface area (Å²) in [7, 11) is 0. The van der Waals surface area contributed by atoms with Gasteiger partial charge in [-0.05, 0) is 78.2 Å². The SMILES string of the molecule is Cc1c2ccccc2c(-c2ccc3c4c(cccc24)-c2ccccc2-3)c2ccccc12. The average Bonchev–Trinajstić information content (AvgIpc) is 3.16. The zero-order valence-electron chi connectivity index (χ0n) is 17.3. The van der Waals surface area contributed by atoms with Gasteiger partial charge in [0.05, 0.1) is 0 Å². The predicted octanol–water partition coefficient (Wildman–Crippen LogP) is 8.77. The first-order valence-corrected chi connectivity index (χ1v) is 10.9. The maximum absolute atomic E-state index is 2.34. The van der Waals surface area contributed by atoms with E-state index < -0.39 is 0 Å². The van der Waals surface area contributed by atoms with Gasteiger partial charge in [-0.15, -0.1) is 0 Å². The zero-order valence-corrected chi connectivity index (χ0v) is 17.3. The monoisotopic (exact) mass is 392 g/mol. The van der Waals surface area contributed by atoms with Gasteiger partial charge in [0, 0.05) is 0 Å². The van der Waals surface area contributed by atoms with E-state index in [1.54, 1.807) is 0 Å². The lowest BCUT2D eigenvalue weighted by atomic mass is 9.86. The average molecular weight is 393 g/mol. The third-order valence-electron chi connectivity index (χ3n) is 7.02. The van der Waals surface area contributed by atoms with Crippen LogP contribution in [0.25, 0.3) is 65.7 Å². The van der Waals surface area contributed by atoms with Crippen molar-refractivity contribution in [3.8, 4) is 33.4 Å². The van der Waals surface area contributed by atoms with Gasteiger partial charge in [0.2, 0.25) is 0 Å². The third kappa shape index (κ3) is 2.14. The first kappa shape index (κ1) is 16.8. The fourth-order valence-corrected chi connectivity index (χ4v) is 5.66. The van der Waals surface area contributed by atoms with Crippen LogP contribution >= 0.6 is 0 Å². The van der Waals surface area contributed by atoms with Crippen LogP contribution in [0.3, 0.4) is 0 Å². The van der Waals surface area contributed by atoms with Gasteiger partial charge in [-0.25, -0.2) is 0 Å². The van der Waals surface area contributed by atoms with E-state index in [1.165, 1.54) is 71.3 Å². The molecule has 0 radical (unpaired) electrons. The number of fused-ring (bicyclic) bond motifs is 5. The fraction of sp³-hybridized carbons (Fsp3) is 0.0323. The van der Waals surface area contributed by atoms with Crippen LogP contribution in [0.4, 0.5) is 0 Å². The van der Waals surface area contributed by atoms with Crippen molar-refractivity contribution in [2.45, 2.75) is 6.92 Å². The number of benzene rings is 6. The van der Waals surface area contributed by atoms with Crippen molar-refractivity contribution >= 4 is 32.3 Å². The molecule has 31 heavy (non-hydrogen) atoms. The summed E-state index contributed by atoms with van der Waals surface area (Å²) in [5.74, 6) is 0. The van der Waals surface area contributed by atoms with Gasteiger partial charge < -0.3 is 0 Å². The first-order chi connectivity index (χ1) is 15.3. The summed E-state index contributed by atoms with van der Waals surface area (Å²) in [6, 6.07) is 38.0. The Morgan fingerprint density at radius 1 is 0.355 bits per heavy atom. The minimum atomic E-state index is 1.32. The standard InChI is InChI=1S/C31H20/c1-19-20-9-2-6-13-24(20)30(25-14-7-3-10-21(19)25)29-18-17-28-23-12-5-4-11-22(23)26-15-8-16-27(29)31(26)28/h2-18H,1H3. The van der Waals surface area contributed by atoms with E-state index in [1.807, 2.05) is 0 Å². The van der Waals surface area contributed by atoms with Crippen LogP contribution in [0.5, 0.6) is 0 Å². The molecular weight excluding hydrogens is 372 g/mol. The van der Waals surface area contributed by atoms with Crippen molar-refractivity contribution in [1.82, 2.24) is 0 Å². The van der Waals surface area contributed by atoms with Crippen LogP contribution < -0.4 is 0 Å². The Bertz CT molecular complexity index is 1600. The minimum absolute atomic E-state index is 1.32. The molecule has 0 nitrogen and oxygen atoms in total. The molecule has 1 aliphatic rings. The molecule has 0 saturated carbocycles. The second-order valence-corrected chi connectivity index (χ2v) is 8.53. The molecule has 0 fully saturated rings. The highest BCUT2D eigenvalue weighted by Crippen LogP contribution is 2.50. The molecule has 7 rings (SSSR count). The molecule has 6 aromatic carbocycles. The smallest absolute Gasteiger partial charge is 0.00201 e. The van der Waals surface area contributed by atoms with Gasteiger partial charge in [-0.3, -0.25) is 0 Å². The fourth-order valence-electron chi connectivity index (χ4n) is 5.66. The normalized spacial score (nSPS) is 12.0. The molecule has 0 amide bonds. The number of hydrogen-bond acceptors (Lipinski definition) is 0. The highest BCUT2D eigenvalue weighted by Gasteiger charge is 2.23. The van der Waals surface area contributed by atoms with Crippen molar-refractivity contribution in [2.75, 3.05) is 0 Å². The van der Waals surface area contributed by atoms with E-state index in [0.717, 1.165) is 0 Å². The molecule has 144 valence electrons. The Kier molecular flexibility index (Phi) is 3.29. The minimum Gasteiger partial charge on any atom is -0.0616 e. The van der Waals surface area contributed by atoms with E-state index in [0.29, 0.717) is 0 Å². The maximum Gasteiger partial charge on any atom is -0.00201 e. The number of hydrogen-bond donors (Lipinski definition) is 0. The van der Waals surface area contributed by atoms with Crippen LogP contribution in [-0.4, -0.2) is 0 Å². The Hall–Kier alpha value is -3.90. The summed E-state index contributed by atoms with van der Waals surface area (Å²) in [6.45, 7) is 2.25. The quantitative estimate of drug-likeness (QED) is 0.245. The summed E-state index contributed by atoms with van der Waals surface area (Å²) in [5, 5.41) is 8.05. The third-order valence-corrected chi connectivity index (χ3v) is 7.02. The van der Waals surface area contributed by atoms with Crippen LogP contribution in [0, 0.1) is 6.92 Å². The summed E-state index contributed by atoms with van der Waals surface area (Å²) in [5.41, 5.74) is 9.42. The van der Waals surface area contributed by atoms with Crippen LogP contribution in [-0.2, 0) is 0 Å². The highest BCUT2D eigenvalue weighted by molar-refractivity contribution is 6.23. The van der Waals surface area contributed by atoms with Crippen molar-refractivity contribution < 1.29 is 0 Å². The van der Waals surface area contributed by atoms with E-state index in [-0.39, 0.29) is 0 Å². The molecule has 0 unspecified atom stereocenters. The summed E-state index contributed by atoms with van der Waals surface area (Å²) >= 11 is 0. The van der Waals surface area contributed by atoms with Gasteiger partial charge in [0.15, 0.2) is 0 Å². The topological polar surface area (TPSA) is 0 Å². The van der Waals surface area contributed by atoms with Crippen molar-refractivity contribution in [3.63, 3.8) is 0 Å². The first-order valence-electron chi connectivity index (χ1n) is 10.9. The van der Waals surface area contributed by atoms with E-state index in [9.17, 15) is 0 Å². The summed E-state index contributed by atoms with van der Waals surface area (Å²) in [6.07, 6.45) is 0. The second kappa shape index (κ2) is 6.06. The largest absolute Gasteiger partial charge is 0.0616 e.